The maximum absolute atomic E-state index is 13.2. The van der Waals surface area contributed by atoms with Crippen molar-refractivity contribution < 1.29 is 12.8 Å². The Morgan fingerprint density at radius 2 is 1.67 bits per heavy atom. The normalized spacial score (nSPS) is 16.1. The highest BCUT2D eigenvalue weighted by Gasteiger charge is 2.18. The van der Waals surface area contributed by atoms with Crippen molar-refractivity contribution in [2.24, 2.45) is 0 Å². The van der Waals surface area contributed by atoms with Crippen molar-refractivity contribution in [2.45, 2.75) is 42.9 Å². The SMILES string of the molecule is O=S(=O)(Nc1ccc(F)c(Cl)c1)c1ccc(C2CCCCC2)cc1. The minimum absolute atomic E-state index is 0.122. The molecule has 0 unspecified atom stereocenters. The molecule has 0 radical (unpaired) electrons. The van der Waals surface area contributed by atoms with Gasteiger partial charge >= 0.3 is 0 Å². The molecule has 0 bridgehead atoms. The van der Waals surface area contributed by atoms with Crippen molar-refractivity contribution in [2.75, 3.05) is 4.72 Å². The number of benzene rings is 2. The monoisotopic (exact) mass is 367 g/mol. The summed E-state index contributed by atoms with van der Waals surface area (Å²) in [4.78, 5) is 0.183. The maximum Gasteiger partial charge on any atom is 0.261 e. The topological polar surface area (TPSA) is 46.2 Å². The number of nitrogens with one attached hydrogen (secondary N) is 1. The molecule has 1 saturated carbocycles. The zero-order valence-electron chi connectivity index (χ0n) is 13.1. The van der Waals surface area contributed by atoms with Crippen LogP contribution in [0.2, 0.25) is 5.02 Å². The van der Waals surface area contributed by atoms with Crippen LogP contribution in [0, 0.1) is 5.82 Å². The summed E-state index contributed by atoms with van der Waals surface area (Å²) in [5.41, 5.74) is 1.43. The second-order valence-electron chi connectivity index (χ2n) is 6.14. The molecule has 0 amide bonds. The van der Waals surface area contributed by atoms with Gasteiger partial charge in [0.25, 0.3) is 10.0 Å². The quantitative estimate of drug-likeness (QED) is 0.794. The van der Waals surface area contributed by atoms with Crippen LogP contribution in [0.5, 0.6) is 0 Å². The minimum Gasteiger partial charge on any atom is -0.280 e. The van der Waals surface area contributed by atoms with Crippen LogP contribution < -0.4 is 4.72 Å². The first-order chi connectivity index (χ1) is 11.5. The van der Waals surface area contributed by atoms with Gasteiger partial charge < -0.3 is 0 Å². The average Bonchev–Trinajstić information content (AvgIpc) is 2.59. The van der Waals surface area contributed by atoms with Gasteiger partial charge in [0.2, 0.25) is 0 Å². The molecule has 1 aliphatic rings. The Bertz CT molecular complexity index is 815. The second kappa shape index (κ2) is 7.11. The second-order valence-corrected chi connectivity index (χ2v) is 8.23. The summed E-state index contributed by atoms with van der Waals surface area (Å²) in [6, 6.07) is 10.8. The highest BCUT2D eigenvalue weighted by molar-refractivity contribution is 7.92. The van der Waals surface area contributed by atoms with Crippen molar-refractivity contribution >= 4 is 27.3 Å². The highest BCUT2D eigenvalue weighted by Crippen LogP contribution is 2.33. The fraction of sp³-hybridized carbons (Fsp3) is 0.333. The molecule has 0 aliphatic heterocycles. The maximum atomic E-state index is 13.2. The molecule has 2 aromatic rings. The number of sulfonamides is 1. The first-order valence-electron chi connectivity index (χ1n) is 8.03. The van der Waals surface area contributed by atoms with Crippen LogP contribution in [0.3, 0.4) is 0 Å². The van der Waals surface area contributed by atoms with Crippen LogP contribution in [0.4, 0.5) is 10.1 Å². The molecular weight excluding hydrogens is 349 g/mol. The average molecular weight is 368 g/mol. The van der Waals surface area contributed by atoms with Gasteiger partial charge in [-0.2, -0.15) is 0 Å². The van der Waals surface area contributed by atoms with Crippen molar-refractivity contribution in [1.29, 1.82) is 0 Å². The first-order valence-corrected chi connectivity index (χ1v) is 9.90. The highest BCUT2D eigenvalue weighted by atomic mass is 35.5. The molecule has 0 aromatic heterocycles. The number of rotatable bonds is 4. The predicted octanol–water partition coefficient (Wildman–Crippen LogP) is 5.33. The first kappa shape index (κ1) is 17.2. The summed E-state index contributed by atoms with van der Waals surface area (Å²) in [5.74, 6) is -0.0594. The Balaban J connectivity index is 1.77. The molecule has 0 saturated heterocycles. The van der Waals surface area contributed by atoms with Gasteiger partial charge in [0, 0.05) is 0 Å². The molecular formula is C18H19ClFNO2S. The molecule has 2 aromatic carbocycles. The van der Waals surface area contributed by atoms with Gasteiger partial charge in [-0.25, -0.2) is 12.8 Å². The third-order valence-electron chi connectivity index (χ3n) is 4.44. The van der Waals surface area contributed by atoms with E-state index in [2.05, 4.69) is 4.72 Å². The van der Waals surface area contributed by atoms with Gasteiger partial charge in [0.15, 0.2) is 0 Å². The van der Waals surface area contributed by atoms with Gasteiger partial charge in [0.05, 0.1) is 15.6 Å². The molecule has 6 heteroatoms. The molecule has 24 heavy (non-hydrogen) atoms. The van der Waals surface area contributed by atoms with Crippen LogP contribution in [0.1, 0.15) is 43.6 Å². The number of hydrogen-bond acceptors (Lipinski definition) is 2. The fourth-order valence-corrected chi connectivity index (χ4v) is 4.36. The van der Waals surface area contributed by atoms with Crippen LogP contribution >= 0.6 is 11.6 Å². The van der Waals surface area contributed by atoms with E-state index in [9.17, 15) is 12.8 Å². The Morgan fingerprint density at radius 1 is 1.00 bits per heavy atom. The van der Waals surface area contributed by atoms with E-state index in [0.717, 1.165) is 6.07 Å². The Kier molecular flexibility index (Phi) is 5.11. The summed E-state index contributed by atoms with van der Waals surface area (Å²) in [6.07, 6.45) is 6.08. The van der Waals surface area contributed by atoms with Crippen LogP contribution in [-0.2, 0) is 10.0 Å². The van der Waals surface area contributed by atoms with Crippen LogP contribution in [0.15, 0.2) is 47.4 Å². The third-order valence-corrected chi connectivity index (χ3v) is 6.13. The van der Waals surface area contributed by atoms with Crippen LogP contribution in [0.25, 0.3) is 0 Å². The van der Waals surface area contributed by atoms with E-state index in [1.807, 2.05) is 12.1 Å². The molecule has 1 N–H and O–H groups in total. The van der Waals surface area contributed by atoms with Crippen molar-refractivity contribution in [3.05, 3.63) is 58.9 Å². The Morgan fingerprint density at radius 3 is 2.29 bits per heavy atom. The zero-order valence-corrected chi connectivity index (χ0v) is 14.7. The van der Waals surface area contributed by atoms with E-state index in [1.165, 1.54) is 49.8 Å². The number of hydrogen-bond donors (Lipinski definition) is 1. The summed E-state index contributed by atoms with van der Waals surface area (Å²) in [6.45, 7) is 0. The van der Waals surface area contributed by atoms with E-state index < -0.39 is 15.8 Å². The molecule has 1 aliphatic carbocycles. The Labute approximate surface area is 146 Å². The van der Waals surface area contributed by atoms with Crippen molar-refractivity contribution in [1.82, 2.24) is 0 Å². The van der Waals surface area contributed by atoms with Gasteiger partial charge in [-0.05, 0) is 54.7 Å². The van der Waals surface area contributed by atoms with Gasteiger partial charge in [-0.15, -0.1) is 0 Å². The van der Waals surface area contributed by atoms with Crippen molar-refractivity contribution in [3.63, 3.8) is 0 Å². The zero-order chi connectivity index (χ0) is 17.2. The van der Waals surface area contributed by atoms with E-state index in [0.29, 0.717) is 5.92 Å². The lowest BCUT2D eigenvalue weighted by molar-refractivity contribution is 0.443. The molecule has 0 spiro atoms. The Hall–Kier alpha value is -1.59. The molecule has 0 atom stereocenters. The van der Waals surface area contributed by atoms with Gasteiger partial charge in [0.1, 0.15) is 5.82 Å². The van der Waals surface area contributed by atoms with E-state index >= 15 is 0 Å². The largest absolute Gasteiger partial charge is 0.280 e. The molecule has 1 fully saturated rings. The third kappa shape index (κ3) is 3.90. The van der Waals surface area contributed by atoms with E-state index in [-0.39, 0.29) is 15.6 Å². The van der Waals surface area contributed by atoms with E-state index in [4.69, 9.17) is 11.6 Å². The van der Waals surface area contributed by atoms with Gasteiger partial charge in [-0.3, -0.25) is 4.72 Å². The molecule has 0 heterocycles. The summed E-state index contributed by atoms with van der Waals surface area (Å²) in [7, 11) is -3.72. The summed E-state index contributed by atoms with van der Waals surface area (Å²) in [5, 5.41) is -0.122. The lowest BCUT2D eigenvalue weighted by Crippen LogP contribution is -2.13. The van der Waals surface area contributed by atoms with Crippen LogP contribution in [-0.4, -0.2) is 8.42 Å². The molecule has 3 nitrogen and oxygen atoms in total. The predicted molar refractivity (Wildman–Crippen MR) is 94.5 cm³/mol. The molecule has 128 valence electrons. The number of anilines is 1. The summed E-state index contributed by atoms with van der Waals surface area (Å²) >= 11 is 5.69. The summed E-state index contributed by atoms with van der Waals surface area (Å²) < 4.78 is 40.5. The van der Waals surface area contributed by atoms with Gasteiger partial charge in [-0.1, -0.05) is 43.0 Å². The standard InChI is InChI=1S/C18H19ClFNO2S/c19-17-12-15(8-11-18(17)20)21-24(22,23)16-9-6-14(7-10-16)13-4-2-1-3-5-13/h6-13,21H,1-5H2. The van der Waals surface area contributed by atoms with E-state index in [1.54, 1.807) is 12.1 Å². The van der Waals surface area contributed by atoms with Crippen molar-refractivity contribution in [3.8, 4) is 0 Å². The lowest BCUT2D eigenvalue weighted by atomic mass is 9.84. The number of halogens is 2. The lowest BCUT2D eigenvalue weighted by Gasteiger charge is -2.22. The molecule has 3 rings (SSSR count). The fourth-order valence-electron chi connectivity index (χ4n) is 3.13. The smallest absolute Gasteiger partial charge is 0.261 e. The minimum atomic E-state index is -3.72.